The van der Waals surface area contributed by atoms with Crippen molar-refractivity contribution in [3.05, 3.63) is 0 Å². The fraction of sp³-hybridized carbons (Fsp3) is 1.00. The number of alkyl halides is 12. The van der Waals surface area contributed by atoms with Crippen molar-refractivity contribution >= 4 is 0 Å². The van der Waals surface area contributed by atoms with Crippen LogP contribution in [0.1, 0.15) is 0 Å². The van der Waals surface area contributed by atoms with Crippen LogP contribution in [0.4, 0.5) is 52.7 Å². The highest BCUT2D eigenvalue weighted by atomic mass is 19.4. The third-order valence-corrected chi connectivity index (χ3v) is 1.36. The summed E-state index contributed by atoms with van der Waals surface area (Å²) in [7, 11) is 0. The van der Waals surface area contributed by atoms with Gasteiger partial charge in [-0.2, -0.15) is 52.7 Å². The van der Waals surface area contributed by atoms with E-state index in [1.54, 1.807) is 0 Å². The fourth-order valence-electron chi connectivity index (χ4n) is 0.531. The van der Waals surface area contributed by atoms with E-state index in [0.29, 0.717) is 0 Å². The van der Waals surface area contributed by atoms with E-state index in [1.807, 2.05) is 4.74 Å². The molecule has 0 unspecified atom stereocenters. The summed E-state index contributed by atoms with van der Waals surface area (Å²) in [5, 5.41) is 0. The zero-order valence-corrected chi connectivity index (χ0v) is 8.56. The number of halogens is 12. The van der Waals surface area contributed by atoms with Crippen LogP contribution in [-0.2, 0) is 9.47 Å². The van der Waals surface area contributed by atoms with Gasteiger partial charge in [0.25, 0.3) is 0 Å². The molecule has 0 aromatic rings. The molecule has 0 saturated heterocycles. The summed E-state index contributed by atoms with van der Waals surface area (Å²) in [6, 6.07) is 0. The molecular formula is C6H2F12O2. The number of hydrogen-bond donors (Lipinski definition) is 0. The van der Waals surface area contributed by atoms with Crippen molar-refractivity contribution in [2.24, 2.45) is 0 Å². The molecule has 0 atom stereocenters. The van der Waals surface area contributed by atoms with E-state index in [-0.39, 0.29) is 0 Å². The Hall–Kier alpha value is -0.920. The second-order valence-corrected chi connectivity index (χ2v) is 3.06. The molecular weight excluding hydrogens is 332 g/mol. The van der Waals surface area contributed by atoms with Crippen molar-refractivity contribution in [3.8, 4) is 0 Å². The van der Waals surface area contributed by atoms with Gasteiger partial charge < -0.3 is 4.74 Å². The van der Waals surface area contributed by atoms with Crippen LogP contribution in [0.25, 0.3) is 0 Å². The van der Waals surface area contributed by atoms with Gasteiger partial charge in [-0.3, -0.25) is 0 Å². The molecule has 0 spiro atoms. The summed E-state index contributed by atoms with van der Waals surface area (Å²) in [5.41, 5.74) is 0. The smallest absolute Gasteiger partial charge is 0.304 e. The first-order valence-corrected chi connectivity index (χ1v) is 4.02. The maximum Gasteiger partial charge on any atom is 0.483 e. The highest BCUT2D eigenvalue weighted by molar-refractivity contribution is 4.70. The van der Waals surface area contributed by atoms with Crippen LogP contribution in [0.2, 0.25) is 0 Å². The maximum atomic E-state index is 12.3. The van der Waals surface area contributed by atoms with Crippen LogP contribution in [0, 0.1) is 0 Å². The van der Waals surface area contributed by atoms with E-state index in [1.165, 1.54) is 0 Å². The maximum absolute atomic E-state index is 12.3. The molecule has 0 amide bonds. The van der Waals surface area contributed by atoms with E-state index in [9.17, 15) is 52.7 Å². The van der Waals surface area contributed by atoms with Crippen LogP contribution in [0.3, 0.4) is 0 Å². The molecule has 0 aliphatic carbocycles. The van der Waals surface area contributed by atoms with Crippen LogP contribution in [0.5, 0.6) is 0 Å². The van der Waals surface area contributed by atoms with Crippen LogP contribution in [0.15, 0.2) is 0 Å². The lowest BCUT2D eigenvalue weighted by Crippen LogP contribution is -2.48. The van der Waals surface area contributed by atoms with Gasteiger partial charge in [0, 0.05) is 0 Å². The molecule has 0 radical (unpaired) electrons. The highest BCUT2D eigenvalue weighted by Crippen LogP contribution is 2.42. The lowest BCUT2D eigenvalue weighted by Gasteiger charge is -2.26. The average Bonchev–Trinajstić information content (AvgIpc) is 2.09. The molecule has 2 nitrogen and oxygen atoms in total. The van der Waals surface area contributed by atoms with E-state index in [0.717, 1.165) is 0 Å². The average molecular weight is 334 g/mol. The molecule has 0 aliphatic rings. The molecule has 122 valence electrons. The summed E-state index contributed by atoms with van der Waals surface area (Å²) < 4.78 is 145. The predicted molar refractivity (Wildman–Crippen MR) is 34.0 cm³/mol. The summed E-state index contributed by atoms with van der Waals surface area (Å²) in [6.07, 6.45) is -31.5. The van der Waals surface area contributed by atoms with Gasteiger partial charge in [0.2, 0.25) is 0 Å². The highest BCUT2D eigenvalue weighted by Gasteiger charge is 2.65. The number of hydrogen-bond acceptors (Lipinski definition) is 2. The lowest BCUT2D eigenvalue weighted by atomic mass is 10.5. The third kappa shape index (κ3) is 4.88. The second-order valence-electron chi connectivity index (χ2n) is 3.06. The summed E-state index contributed by atoms with van der Waals surface area (Å²) in [5.74, 6) is 0. The minimum atomic E-state index is -6.64. The van der Waals surface area contributed by atoms with Crippen molar-refractivity contribution in [1.29, 1.82) is 0 Å². The molecule has 0 bridgehead atoms. The second kappa shape index (κ2) is 5.13. The molecule has 0 fully saturated rings. The van der Waals surface area contributed by atoms with Gasteiger partial charge in [0.15, 0.2) is 0 Å². The van der Waals surface area contributed by atoms with E-state index in [4.69, 9.17) is 0 Å². The molecule has 0 rings (SSSR count). The first-order valence-electron chi connectivity index (χ1n) is 4.02. The standard InChI is InChI=1S/C6H2F12O2/c7-2(8,20-6(17,18)4(12,13)14)1-19-5(15,16)3(9,10)11/h1H2. The molecule has 0 aromatic heterocycles. The lowest BCUT2D eigenvalue weighted by molar-refractivity contribution is -0.475. The van der Waals surface area contributed by atoms with Gasteiger partial charge in [0.1, 0.15) is 6.61 Å². The van der Waals surface area contributed by atoms with Crippen LogP contribution in [-0.4, -0.2) is 37.3 Å². The van der Waals surface area contributed by atoms with Crippen molar-refractivity contribution in [2.75, 3.05) is 6.61 Å². The SMILES string of the molecule is FC(F)(COC(F)(F)C(F)(F)F)OC(F)(F)C(F)(F)F. The zero-order valence-electron chi connectivity index (χ0n) is 8.56. The van der Waals surface area contributed by atoms with Gasteiger partial charge >= 0.3 is 30.7 Å². The van der Waals surface area contributed by atoms with E-state index < -0.39 is 37.3 Å². The monoisotopic (exact) mass is 334 g/mol. The van der Waals surface area contributed by atoms with E-state index in [2.05, 4.69) is 4.74 Å². The van der Waals surface area contributed by atoms with Crippen LogP contribution < -0.4 is 0 Å². The van der Waals surface area contributed by atoms with Crippen molar-refractivity contribution in [3.63, 3.8) is 0 Å². The van der Waals surface area contributed by atoms with E-state index >= 15 is 0 Å². The Morgan fingerprint density at radius 1 is 0.550 bits per heavy atom. The Labute approximate surface area is 101 Å². The summed E-state index contributed by atoms with van der Waals surface area (Å²) >= 11 is 0. The molecule has 0 heterocycles. The topological polar surface area (TPSA) is 18.5 Å². The molecule has 0 saturated carbocycles. The van der Waals surface area contributed by atoms with Crippen molar-refractivity contribution in [2.45, 2.75) is 30.7 Å². The Bertz CT molecular complexity index is 328. The molecule has 14 heteroatoms. The Balaban J connectivity index is 4.79. The van der Waals surface area contributed by atoms with Gasteiger partial charge in [-0.15, -0.1) is 0 Å². The van der Waals surface area contributed by atoms with Crippen molar-refractivity contribution < 1.29 is 62.2 Å². The normalized spacial score (nSPS) is 15.6. The van der Waals surface area contributed by atoms with Gasteiger partial charge in [0.05, 0.1) is 0 Å². The summed E-state index contributed by atoms with van der Waals surface area (Å²) in [4.78, 5) is 0. The summed E-state index contributed by atoms with van der Waals surface area (Å²) in [6.45, 7) is -3.19. The minimum Gasteiger partial charge on any atom is -0.304 e. The molecule has 20 heavy (non-hydrogen) atoms. The Kier molecular flexibility index (Phi) is 4.89. The Morgan fingerprint density at radius 3 is 1.20 bits per heavy atom. The van der Waals surface area contributed by atoms with Gasteiger partial charge in [-0.05, 0) is 0 Å². The van der Waals surface area contributed by atoms with Gasteiger partial charge in [-0.1, -0.05) is 0 Å². The zero-order chi connectivity index (χ0) is 16.6. The fourth-order valence-corrected chi connectivity index (χ4v) is 0.531. The first kappa shape index (κ1) is 19.1. The molecule has 0 N–H and O–H groups in total. The molecule has 0 aromatic carbocycles. The first-order chi connectivity index (χ1) is 8.41. The Morgan fingerprint density at radius 2 is 0.900 bits per heavy atom. The minimum absolute atomic E-state index is 1.88. The van der Waals surface area contributed by atoms with Crippen LogP contribution >= 0.6 is 0 Å². The third-order valence-electron chi connectivity index (χ3n) is 1.36. The number of ether oxygens (including phenoxy) is 2. The number of rotatable bonds is 5. The predicted octanol–water partition coefficient (Wildman–Crippen LogP) is 3.92. The largest absolute Gasteiger partial charge is 0.483 e. The van der Waals surface area contributed by atoms with Crippen molar-refractivity contribution in [1.82, 2.24) is 0 Å². The molecule has 0 aliphatic heterocycles. The quantitative estimate of drug-likeness (QED) is 0.710. The van der Waals surface area contributed by atoms with Gasteiger partial charge in [-0.25, -0.2) is 4.74 Å².